The van der Waals surface area contributed by atoms with Crippen LogP contribution < -0.4 is 5.32 Å². The normalized spacial score (nSPS) is 36.5. The molecule has 3 atom stereocenters. The van der Waals surface area contributed by atoms with Crippen LogP contribution in [0.3, 0.4) is 0 Å². The van der Waals surface area contributed by atoms with Crippen molar-refractivity contribution >= 4 is 0 Å². The molecule has 1 aromatic rings. The summed E-state index contributed by atoms with van der Waals surface area (Å²) in [5, 5.41) is 3.87. The summed E-state index contributed by atoms with van der Waals surface area (Å²) in [6.07, 6.45) is 7.94. The van der Waals surface area contributed by atoms with Gasteiger partial charge in [-0.25, -0.2) is 4.39 Å². The molecular weight excluding hydrogens is 277 g/mol. The molecule has 0 amide bonds. The minimum absolute atomic E-state index is 0.0316. The van der Waals surface area contributed by atoms with Gasteiger partial charge in [0.2, 0.25) is 0 Å². The van der Waals surface area contributed by atoms with Crippen molar-refractivity contribution in [1.29, 1.82) is 0 Å². The first-order valence-electron chi connectivity index (χ1n) is 8.85. The van der Waals surface area contributed by atoms with Crippen LogP contribution in [0.5, 0.6) is 0 Å². The first-order chi connectivity index (χ1) is 10.8. The molecule has 1 N–H and O–H groups in total. The third-order valence-corrected chi connectivity index (χ3v) is 7.00. The fourth-order valence-corrected chi connectivity index (χ4v) is 5.45. The lowest BCUT2D eigenvalue weighted by Gasteiger charge is -2.63. The molecule has 2 nitrogen and oxygen atoms in total. The molecule has 1 heterocycles. The summed E-state index contributed by atoms with van der Waals surface area (Å²) in [5.74, 6) is 0.674. The maximum absolute atomic E-state index is 14.1. The van der Waals surface area contributed by atoms with Crippen molar-refractivity contribution in [3.05, 3.63) is 35.6 Å². The van der Waals surface area contributed by atoms with Gasteiger partial charge >= 0.3 is 0 Å². The molecule has 0 radical (unpaired) electrons. The number of hydrogen-bond donors (Lipinski definition) is 1. The quantitative estimate of drug-likeness (QED) is 0.920. The molecule has 118 valence electrons. The van der Waals surface area contributed by atoms with Crippen LogP contribution in [-0.4, -0.2) is 25.3 Å². The Hall–Kier alpha value is -0.930. The number of ether oxygens (including phenoxy) is 1. The number of fused-ring (bicyclic) bond motifs is 2. The van der Waals surface area contributed by atoms with Crippen molar-refractivity contribution in [2.75, 3.05) is 13.2 Å². The Labute approximate surface area is 131 Å². The van der Waals surface area contributed by atoms with Gasteiger partial charge in [-0.15, -0.1) is 0 Å². The zero-order valence-electron chi connectivity index (χ0n) is 13.0. The lowest BCUT2D eigenvalue weighted by atomic mass is 9.46. The van der Waals surface area contributed by atoms with Gasteiger partial charge in [-0.05, 0) is 43.7 Å². The molecule has 1 aromatic carbocycles. The van der Waals surface area contributed by atoms with Crippen molar-refractivity contribution in [1.82, 2.24) is 5.32 Å². The maximum atomic E-state index is 14.1. The lowest BCUT2D eigenvalue weighted by molar-refractivity contribution is -0.176. The van der Waals surface area contributed by atoms with Crippen LogP contribution in [0, 0.1) is 17.2 Å². The van der Waals surface area contributed by atoms with Gasteiger partial charge in [-0.2, -0.15) is 0 Å². The molecule has 0 bridgehead atoms. The molecule has 0 aromatic heterocycles. The Balaban J connectivity index is 1.32. The smallest absolute Gasteiger partial charge is 0.127 e. The summed E-state index contributed by atoms with van der Waals surface area (Å²) in [7, 11) is 0. The highest BCUT2D eigenvalue weighted by Gasteiger charge is 2.66. The van der Waals surface area contributed by atoms with Crippen LogP contribution in [-0.2, 0) is 10.2 Å². The largest absolute Gasteiger partial charge is 0.377 e. The van der Waals surface area contributed by atoms with Crippen LogP contribution in [0.25, 0.3) is 0 Å². The third-order valence-electron chi connectivity index (χ3n) is 7.00. The third kappa shape index (κ3) is 1.67. The molecule has 3 heteroatoms. The predicted octanol–water partition coefficient (Wildman–Crippen LogP) is 3.40. The minimum atomic E-state index is -0.0316. The topological polar surface area (TPSA) is 21.3 Å². The molecule has 1 aliphatic heterocycles. The number of benzene rings is 1. The number of halogens is 1. The molecule has 0 unspecified atom stereocenters. The fourth-order valence-electron chi connectivity index (χ4n) is 5.45. The molecule has 4 aliphatic rings. The summed E-state index contributed by atoms with van der Waals surface area (Å²) in [6.45, 7) is 1.87. The summed E-state index contributed by atoms with van der Waals surface area (Å²) in [4.78, 5) is 0. The number of hydrogen-bond acceptors (Lipinski definition) is 2. The Morgan fingerprint density at radius 3 is 2.68 bits per heavy atom. The van der Waals surface area contributed by atoms with Gasteiger partial charge in [0.05, 0.1) is 6.10 Å². The van der Waals surface area contributed by atoms with E-state index in [0.29, 0.717) is 23.5 Å². The second kappa shape index (κ2) is 4.55. The zero-order valence-corrected chi connectivity index (χ0v) is 13.0. The van der Waals surface area contributed by atoms with Gasteiger partial charge in [0.1, 0.15) is 5.82 Å². The van der Waals surface area contributed by atoms with E-state index in [2.05, 4.69) is 5.32 Å². The molecule has 22 heavy (non-hydrogen) atoms. The number of rotatable bonds is 4. The van der Waals surface area contributed by atoms with E-state index < -0.39 is 0 Å². The summed E-state index contributed by atoms with van der Waals surface area (Å²) >= 11 is 0. The van der Waals surface area contributed by atoms with E-state index in [9.17, 15) is 4.39 Å². The van der Waals surface area contributed by atoms with Crippen LogP contribution in [0.15, 0.2) is 24.3 Å². The van der Waals surface area contributed by atoms with Crippen LogP contribution in [0.2, 0.25) is 0 Å². The first kappa shape index (κ1) is 13.5. The van der Waals surface area contributed by atoms with Crippen molar-refractivity contribution < 1.29 is 9.13 Å². The van der Waals surface area contributed by atoms with Gasteiger partial charge in [-0.3, -0.25) is 0 Å². The molecule has 3 saturated carbocycles. The van der Waals surface area contributed by atoms with Crippen LogP contribution in [0.4, 0.5) is 4.39 Å². The Morgan fingerprint density at radius 2 is 2.00 bits per heavy atom. The predicted molar refractivity (Wildman–Crippen MR) is 83.2 cm³/mol. The Kier molecular flexibility index (Phi) is 2.79. The molecule has 3 aliphatic carbocycles. The summed E-state index contributed by atoms with van der Waals surface area (Å²) < 4.78 is 20.1. The van der Waals surface area contributed by atoms with E-state index in [-0.39, 0.29) is 11.2 Å². The first-order valence-corrected chi connectivity index (χ1v) is 8.85. The van der Waals surface area contributed by atoms with Crippen LogP contribution >= 0.6 is 0 Å². The minimum Gasteiger partial charge on any atom is -0.377 e. The molecule has 4 fully saturated rings. The van der Waals surface area contributed by atoms with Gasteiger partial charge in [0.25, 0.3) is 0 Å². The lowest BCUT2D eigenvalue weighted by Crippen LogP contribution is -2.71. The molecule has 1 spiro atoms. The summed E-state index contributed by atoms with van der Waals surface area (Å²) in [6, 6.07) is 7.95. The summed E-state index contributed by atoms with van der Waals surface area (Å²) in [5.41, 5.74) is 1.40. The SMILES string of the molecule is Fc1ccccc1C1(CN[C@@H]2[C@@H]3CCO[C@@H]3C23CCC3)CC1. The fraction of sp³-hybridized carbons (Fsp3) is 0.684. The monoisotopic (exact) mass is 301 g/mol. The van der Waals surface area contributed by atoms with E-state index in [0.717, 1.165) is 31.6 Å². The van der Waals surface area contributed by atoms with Crippen molar-refractivity contribution in [2.45, 2.75) is 56.1 Å². The van der Waals surface area contributed by atoms with Crippen molar-refractivity contribution in [3.8, 4) is 0 Å². The van der Waals surface area contributed by atoms with E-state index in [1.165, 1.54) is 25.7 Å². The maximum Gasteiger partial charge on any atom is 0.127 e. The van der Waals surface area contributed by atoms with Crippen LogP contribution in [0.1, 0.15) is 44.1 Å². The highest BCUT2D eigenvalue weighted by atomic mass is 19.1. The Bertz CT molecular complexity index is 593. The van der Waals surface area contributed by atoms with E-state index in [1.54, 1.807) is 12.1 Å². The van der Waals surface area contributed by atoms with E-state index >= 15 is 0 Å². The van der Waals surface area contributed by atoms with E-state index in [1.807, 2.05) is 12.1 Å². The zero-order chi connectivity index (χ0) is 14.8. The molecular formula is C19H24FNO. The molecule has 5 rings (SSSR count). The second-order valence-electron chi connectivity index (χ2n) is 7.95. The standard InChI is InChI=1S/C19H24FNO/c20-15-5-2-1-4-14(15)18(9-10-18)12-21-16-13-6-11-22-17(13)19(16)7-3-8-19/h1-2,4-5,13,16-17,21H,3,6-12H2/t13-,16+,17-/m0/s1. The highest BCUT2D eigenvalue weighted by molar-refractivity contribution is 5.33. The van der Waals surface area contributed by atoms with Crippen molar-refractivity contribution in [3.63, 3.8) is 0 Å². The highest BCUT2D eigenvalue weighted by Crippen LogP contribution is 2.63. The van der Waals surface area contributed by atoms with Gasteiger partial charge in [0, 0.05) is 35.9 Å². The Morgan fingerprint density at radius 1 is 1.18 bits per heavy atom. The van der Waals surface area contributed by atoms with Gasteiger partial charge in [-0.1, -0.05) is 24.6 Å². The van der Waals surface area contributed by atoms with Gasteiger partial charge < -0.3 is 10.1 Å². The van der Waals surface area contributed by atoms with Crippen molar-refractivity contribution in [2.24, 2.45) is 11.3 Å². The number of nitrogens with one attached hydrogen (secondary N) is 1. The average Bonchev–Trinajstić information content (AvgIpc) is 3.13. The van der Waals surface area contributed by atoms with Gasteiger partial charge in [0.15, 0.2) is 0 Å². The second-order valence-corrected chi connectivity index (χ2v) is 7.95. The molecule has 1 saturated heterocycles. The average molecular weight is 301 g/mol. The van der Waals surface area contributed by atoms with E-state index in [4.69, 9.17) is 4.74 Å².